The summed E-state index contributed by atoms with van der Waals surface area (Å²) in [6.07, 6.45) is 6.22. The van der Waals surface area contributed by atoms with Crippen molar-refractivity contribution in [3.8, 4) is 0 Å². The molecule has 0 aliphatic heterocycles. The largest absolute Gasteiger partial charge is 0.359 e. The Bertz CT molecular complexity index is 528. The van der Waals surface area contributed by atoms with E-state index < -0.39 is 6.10 Å². The summed E-state index contributed by atoms with van der Waals surface area (Å²) in [4.78, 5) is 12.3. The van der Waals surface area contributed by atoms with Crippen LogP contribution in [0.25, 0.3) is 0 Å². The van der Waals surface area contributed by atoms with Crippen LogP contribution in [0.2, 0.25) is 0 Å². The van der Waals surface area contributed by atoms with Gasteiger partial charge in [-0.25, -0.2) is 0 Å². The lowest BCUT2D eigenvalue weighted by Crippen LogP contribution is -2.40. The Morgan fingerprint density at radius 1 is 1.04 bits per heavy atom. The molecular formula is C20H28O5. The number of aryl methyl sites for hydroxylation is 1. The van der Waals surface area contributed by atoms with Crippen LogP contribution in [0.1, 0.15) is 24.8 Å². The van der Waals surface area contributed by atoms with Gasteiger partial charge in [0.1, 0.15) is 19.7 Å². The maximum atomic E-state index is 12.3. The molecule has 0 radical (unpaired) electrons. The summed E-state index contributed by atoms with van der Waals surface area (Å²) in [6, 6.07) is 10.4. The molecule has 3 atom stereocenters. The maximum Gasteiger partial charge on any atom is 0.186 e. The van der Waals surface area contributed by atoms with Crippen LogP contribution in [0.15, 0.2) is 42.5 Å². The Morgan fingerprint density at radius 2 is 1.76 bits per heavy atom. The molecule has 0 spiro atoms. The molecule has 0 bridgehead atoms. The van der Waals surface area contributed by atoms with E-state index in [1.165, 1.54) is 12.7 Å². The van der Waals surface area contributed by atoms with Crippen LogP contribution in [0.5, 0.6) is 0 Å². The molecule has 0 saturated carbocycles. The zero-order valence-electron chi connectivity index (χ0n) is 15.1. The third kappa shape index (κ3) is 6.71. The van der Waals surface area contributed by atoms with Gasteiger partial charge in [0.05, 0.1) is 6.10 Å². The Kier molecular flexibility index (Phi) is 8.83. The van der Waals surface area contributed by atoms with E-state index in [1.807, 2.05) is 12.1 Å². The fraction of sp³-hybridized carbons (Fsp3) is 0.550. The number of carbonyl (C=O) groups is 1. The molecule has 0 aromatic heterocycles. The minimum absolute atomic E-state index is 0.0613. The summed E-state index contributed by atoms with van der Waals surface area (Å²) in [5.74, 6) is 0.333. The van der Waals surface area contributed by atoms with Gasteiger partial charge in [0.15, 0.2) is 5.78 Å². The van der Waals surface area contributed by atoms with Crippen LogP contribution < -0.4 is 0 Å². The van der Waals surface area contributed by atoms with Crippen molar-refractivity contribution in [2.24, 2.45) is 5.92 Å². The first-order chi connectivity index (χ1) is 12.2. The first kappa shape index (κ1) is 19.8. The van der Waals surface area contributed by atoms with Gasteiger partial charge in [0.25, 0.3) is 0 Å². The fourth-order valence-corrected chi connectivity index (χ4v) is 3.10. The number of benzene rings is 1. The molecule has 0 fully saturated rings. The highest BCUT2D eigenvalue weighted by molar-refractivity contribution is 5.94. The molecule has 2 rings (SSSR count). The molecule has 0 amide bonds. The highest BCUT2D eigenvalue weighted by atomic mass is 16.7. The average Bonchev–Trinajstić information content (AvgIpc) is 2.63. The van der Waals surface area contributed by atoms with E-state index in [-0.39, 0.29) is 25.5 Å². The molecule has 1 aliphatic carbocycles. The zero-order chi connectivity index (χ0) is 17.9. The van der Waals surface area contributed by atoms with Gasteiger partial charge in [-0.2, -0.15) is 0 Å². The van der Waals surface area contributed by atoms with Crippen molar-refractivity contribution in [2.75, 3.05) is 27.8 Å². The molecule has 1 aromatic carbocycles. The summed E-state index contributed by atoms with van der Waals surface area (Å²) in [6.45, 7) is 0.200. The van der Waals surface area contributed by atoms with Gasteiger partial charge in [-0.05, 0) is 43.2 Å². The Morgan fingerprint density at radius 3 is 2.48 bits per heavy atom. The Hall–Kier alpha value is -1.53. The second-order valence-electron chi connectivity index (χ2n) is 6.27. The molecule has 1 aliphatic rings. The summed E-state index contributed by atoms with van der Waals surface area (Å²) in [5, 5.41) is 0. The fourth-order valence-electron chi connectivity index (χ4n) is 3.10. The number of carbonyl (C=O) groups excluding carboxylic acids is 1. The third-order valence-electron chi connectivity index (χ3n) is 4.38. The van der Waals surface area contributed by atoms with E-state index in [0.29, 0.717) is 5.92 Å². The van der Waals surface area contributed by atoms with Crippen LogP contribution in [0.4, 0.5) is 0 Å². The van der Waals surface area contributed by atoms with E-state index in [2.05, 4.69) is 24.3 Å². The molecule has 5 nitrogen and oxygen atoms in total. The molecule has 0 heterocycles. The van der Waals surface area contributed by atoms with Crippen LogP contribution in [0, 0.1) is 5.92 Å². The lowest BCUT2D eigenvalue weighted by atomic mass is 9.86. The number of ether oxygens (including phenoxy) is 4. The van der Waals surface area contributed by atoms with Crippen molar-refractivity contribution >= 4 is 5.78 Å². The quantitative estimate of drug-likeness (QED) is 0.642. The highest BCUT2D eigenvalue weighted by Crippen LogP contribution is 2.26. The number of hydrogen-bond acceptors (Lipinski definition) is 5. The van der Waals surface area contributed by atoms with Crippen molar-refractivity contribution < 1.29 is 23.7 Å². The van der Waals surface area contributed by atoms with Crippen molar-refractivity contribution in [1.29, 1.82) is 0 Å². The van der Waals surface area contributed by atoms with Crippen LogP contribution in [-0.4, -0.2) is 45.8 Å². The first-order valence-corrected chi connectivity index (χ1v) is 8.70. The molecule has 1 aromatic rings. The summed E-state index contributed by atoms with van der Waals surface area (Å²) in [5.41, 5.74) is 1.33. The summed E-state index contributed by atoms with van der Waals surface area (Å²) in [7, 11) is 3.11. The van der Waals surface area contributed by atoms with Gasteiger partial charge in [0, 0.05) is 14.2 Å². The number of rotatable bonds is 9. The number of methoxy groups -OCH3 is 2. The second kappa shape index (κ2) is 11.2. The van der Waals surface area contributed by atoms with Crippen molar-refractivity contribution in [3.63, 3.8) is 0 Å². The minimum Gasteiger partial charge on any atom is -0.359 e. The van der Waals surface area contributed by atoms with Crippen molar-refractivity contribution in [3.05, 3.63) is 48.0 Å². The van der Waals surface area contributed by atoms with Crippen LogP contribution in [0.3, 0.4) is 0 Å². The standard InChI is InChI=1S/C20H28O5/c1-22-14-24-19-13-17(12-11-16-7-4-3-5-8-16)9-6-10-18(21)20(19)25-15-23-2/h3-8,10,17,19-20H,9,11-15H2,1-2H3. The molecule has 138 valence electrons. The Labute approximate surface area is 149 Å². The van der Waals surface area contributed by atoms with Gasteiger partial charge in [-0.3, -0.25) is 4.79 Å². The monoisotopic (exact) mass is 348 g/mol. The molecule has 25 heavy (non-hydrogen) atoms. The molecule has 3 unspecified atom stereocenters. The summed E-state index contributed by atoms with van der Waals surface area (Å²) >= 11 is 0. The maximum absolute atomic E-state index is 12.3. The molecular weight excluding hydrogens is 320 g/mol. The van der Waals surface area contributed by atoms with Crippen LogP contribution in [-0.2, 0) is 30.2 Å². The number of ketones is 1. The predicted molar refractivity (Wildman–Crippen MR) is 95.1 cm³/mol. The first-order valence-electron chi connectivity index (χ1n) is 8.70. The smallest absolute Gasteiger partial charge is 0.186 e. The van der Waals surface area contributed by atoms with Gasteiger partial charge in [0.2, 0.25) is 0 Å². The predicted octanol–water partition coefficient (Wildman–Crippen LogP) is 3.13. The lowest BCUT2D eigenvalue weighted by molar-refractivity contribution is -0.171. The van der Waals surface area contributed by atoms with Gasteiger partial charge in [-0.15, -0.1) is 0 Å². The third-order valence-corrected chi connectivity index (χ3v) is 4.38. The number of hydrogen-bond donors (Lipinski definition) is 0. The van der Waals surface area contributed by atoms with Crippen molar-refractivity contribution in [2.45, 2.75) is 37.9 Å². The van der Waals surface area contributed by atoms with Crippen molar-refractivity contribution in [1.82, 2.24) is 0 Å². The van der Waals surface area contributed by atoms with E-state index >= 15 is 0 Å². The van der Waals surface area contributed by atoms with Gasteiger partial charge in [-0.1, -0.05) is 36.4 Å². The lowest BCUT2D eigenvalue weighted by Gasteiger charge is -2.30. The SMILES string of the molecule is COCOC1CC(CCc2ccccc2)CC=CC(=O)C1OCOC. The zero-order valence-corrected chi connectivity index (χ0v) is 15.1. The van der Waals surface area contributed by atoms with E-state index in [4.69, 9.17) is 18.9 Å². The average molecular weight is 348 g/mol. The second-order valence-corrected chi connectivity index (χ2v) is 6.27. The van der Waals surface area contributed by atoms with Gasteiger partial charge < -0.3 is 18.9 Å². The van der Waals surface area contributed by atoms with Crippen LogP contribution >= 0.6 is 0 Å². The Balaban J connectivity index is 2.03. The molecule has 0 N–H and O–H groups in total. The minimum atomic E-state index is -0.661. The van der Waals surface area contributed by atoms with Gasteiger partial charge >= 0.3 is 0 Å². The van der Waals surface area contributed by atoms with E-state index in [9.17, 15) is 4.79 Å². The molecule has 0 saturated heterocycles. The molecule has 5 heteroatoms. The van der Waals surface area contributed by atoms with E-state index in [1.54, 1.807) is 13.2 Å². The van der Waals surface area contributed by atoms with E-state index in [0.717, 1.165) is 25.7 Å². The normalized spacial score (nSPS) is 24.1. The number of allylic oxidation sites excluding steroid dienone is 1. The summed E-state index contributed by atoms with van der Waals surface area (Å²) < 4.78 is 21.4. The topological polar surface area (TPSA) is 54.0 Å². The highest BCUT2D eigenvalue weighted by Gasteiger charge is 2.32.